The lowest BCUT2D eigenvalue weighted by atomic mass is 10.2. The van der Waals surface area contributed by atoms with Crippen molar-refractivity contribution in [1.82, 2.24) is 4.90 Å². The lowest BCUT2D eigenvalue weighted by molar-refractivity contribution is -0.108. The van der Waals surface area contributed by atoms with E-state index in [2.05, 4.69) is 17.2 Å². The average molecular weight is 165 g/mol. The third-order valence-corrected chi connectivity index (χ3v) is 2.26. The van der Waals surface area contributed by atoms with Crippen LogP contribution < -0.4 is 0 Å². The van der Waals surface area contributed by atoms with Crippen LogP contribution >= 0.6 is 0 Å². The molecule has 1 aliphatic heterocycles. The molecule has 1 aliphatic rings. The van der Waals surface area contributed by atoms with Crippen molar-refractivity contribution in [2.24, 2.45) is 0 Å². The fraction of sp³-hybridized carbons (Fsp3) is 0.600. The highest BCUT2D eigenvalue weighted by atomic mass is 16.1. The van der Waals surface area contributed by atoms with Gasteiger partial charge >= 0.3 is 0 Å². The fourth-order valence-corrected chi connectivity index (χ4v) is 1.63. The van der Waals surface area contributed by atoms with Crippen LogP contribution in [0.3, 0.4) is 0 Å². The van der Waals surface area contributed by atoms with E-state index in [1.165, 1.54) is 12.8 Å². The number of hydrogen-bond acceptors (Lipinski definition) is 2. The van der Waals surface area contributed by atoms with Gasteiger partial charge in [-0.3, -0.25) is 4.90 Å². The van der Waals surface area contributed by atoms with Crippen LogP contribution in [-0.2, 0) is 4.79 Å². The predicted molar refractivity (Wildman–Crippen MR) is 49.0 cm³/mol. The Morgan fingerprint density at radius 1 is 1.50 bits per heavy atom. The van der Waals surface area contributed by atoms with Crippen molar-refractivity contribution in [3.63, 3.8) is 0 Å². The van der Waals surface area contributed by atoms with Crippen LogP contribution in [0.5, 0.6) is 0 Å². The second kappa shape index (κ2) is 4.91. The van der Waals surface area contributed by atoms with Gasteiger partial charge in [0.1, 0.15) is 6.29 Å². The monoisotopic (exact) mass is 165 g/mol. The van der Waals surface area contributed by atoms with Crippen LogP contribution in [0.2, 0.25) is 0 Å². The van der Waals surface area contributed by atoms with Crippen molar-refractivity contribution in [1.29, 1.82) is 0 Å². The molecule has 0 amide bonds. The van der Waals surface area contributed by atoms with Crippen LogP contribution in [0, 0.1) is 0 Å². The van der Waals surface area contributed by atoms with Crippen molar-refractivity contribution < 1.29 is 4.79 Å². The number of carbonyl (C=O) groups excluding carboxylic acids is 1. The summed E-state index contributed by atoms with van der Waals surface area (Å²) in [5, 5.41) is 0. The zero-order valence-electron chi connectivity index (χ0n) is 7.33. The van der Waals surface area contributed by atoms with Crippen molar-refractivity contribution >= 4 is 6.29 Å². The van der Waals surface area contributed by atoms with Gasteiger partial charge in [-0.25, -0.2) is 0 Å². The number of likely N-dealkylation sites (tertiary alicyclic amines) is 1. The van der Waals surface area contributed by atoms with Crippen molar-refractivity contribution in [2.75, 3.05) is 13.1 Å². The highest BCUT2D eigenvalue weighted by Gasteiger charge is 2.18. The molecule has 0 aromatic rings. The summed E-state index contributed by atoms with van der Waals surface area (Å²) in [6, 6.07) is 0.238. The Kier molecular flexibility index (Phi) is 3.78. The highest BCUT2D eigenvalue weighted by Crippen LogP contribution is 2.13. The van der Waals surface area contributed by atoms with E-state index in [1.807, 2.05) is 6.08 Å². The van der Waals surface area contributed by atoms with Gasteiger partial charge in [0.15, 0.2) is 0 Å². The molecular formula is C10H15NO. The van der Waals surface area contributed by atoms with E-state index in [0.717, 1.165) is 19.4 Å². The van der Waals surface area contributed by atoms with Crippen molar-refractivity contribution in [3.8, 4) is 0 Å². The summed E-state index contributed by atoms with van der Waals surface area (Å²) in [7, 11) is 0. The molecule has 2 heteroatoms. The summed E-state index contributed by atoms with van der Waals surface area (Å²) >= 11 is 0. The Hall–Kier alpha value is -0.850. The first-order valence-electron chi connectivity index (χ1n) is 4.42. The van der Waals surface area contributed by atoms with Crippen LogP contribution in [0.1, 0.15) is 19.3 Å². The quantitative estimate of drug-likeness (QED) is 0.463. The van der Waals surface area contributed by atoms with Gasteiger partial charge in [0.05, 0.1) is 0 Å². The van der Waals surface area contributed by atoms with Crippen LogP contribution in [-0.4, -0.2) is 30.3 Å². The molecule has 0 saturated carbocycles. The number of rotatable bonds is 4. The lowest BCUT2D eigenvalue weighted by Gasteiger charge is -2.21. The zero-order chi connectivity index (χ0) is 8.81. The molecule has 12 heavy (non-hydrogen) atoms. The molecule has 1 atom stereocenters. The maximum Gasteiger partial charge on any atom is 0.121 e. The molecule has 2 nitrogen and oxygen atoms in total. The number of nitrogens with zero attached hydrogens (tertiary/aromatic N) is 1. The standard InChI is InChI=1S/C10H15NO/c1-2-5-10(6-9-12)11-7-3-4-8-11/h5,9-10H,1,3-4,6-8H2. The van der Waals surface area contributed by atoms with E-state index >= 15 is 0 Å². The molecule has 0 bridgehead atoms. The molecule has 1 saturated heterocycles. The van der Waals surface area contributed by atoms with Gasteiger partial charge < -0.3 is 4.79 Å². The summed E-state index contributed by atoms with van der Waals surface area (Å²) in [4.78, 5) is 12.7. The highest BCUT2D eigenvalue weighted by molar-refractivity contribution is 5.51. The minimum Gasteiger partial charge on any atom is -0.303 e. The molecular weight excluding hydrogens is 150 g/mol. The van der Waals surface area contributed by atoms with Gasteiger partial charge in [0.25, 0.3) is 0 Å². The second-order valence-electron chi connectivity index (χ2n) is 3.08. The predicted octanol–water partition coefficient (Wildman–Crippen LogP) is 1.38. The summed E-state index contributed by atoms with van der Waals surface area (Å²) in [6.07, 6.45) is 5.93. The van der Waals surface area contributed by atoms with Crippen molar-refractivity contribution in [2.45, 2.75) is 25.3 Å². The summed E-state index contributed by atoms with van der Waals surface area (Å²) < 4.78 is 0. The first-order valence-corrected chi connectivity index (χ1v) is 4.42. The van der Waals surface area contributed by atoms with Gasteiger partial charge in [-0.15, -0.1) is 5.73 Å². The third-order valence-electron chi connectivity index (χ3n) is 2.26. The minimum atomic E-state index is 0.238. The fourth-order valence-electron chi connectivity index (χ4n) is 1.63. The topological polar surface area (TPSA) is 20.3 Å². The molecule has 0 aromatic carbocycles. The van der Waals surface area contributed by atoms with Gasteiger partial charge in [-0.05, 0) is 32.0 Å². The van der Waals surface area contributed by atoms with Crippen LogP contribution in [0.15, 0.2) is 18.4 Å². The Morgan fingerprint density at radius 3 is 2.67 bits per heavy atom. The molecule has 0 aliphatic carbocycles. The van der Waals surface area contributed by atoms with Gasteiger partial charge in [-0.2, -0.15) is 0 Å². The maximum absolute atomic E-state index is 10.4. The molecule has 1 rings (SSSR count). The Morgan fingerprint density at radius 2 is 2.17 bits per heavy atom. The van der Waals surface area contributed by atoms with E-state index in [9.17, 15) is 4.79 Å². The van der Waals surface area contributed by atoms with E-state index in [1.54, 1.807) is 0 Å². The summed E-state index contributed by atoms with van der Waals surface area (Å²) in [6.45, 7) is 5.75. The number of aldehydes is 1. The molecule has 1 fully saturated rings. The average Bonchev–Trinajstić information content (AvgIpc) is 2.56. The minimum absolute atomic E-state index is 0.238. The summed E-state index contributed by atoms with van der Waals surface area (Å²) in [5.41, 5.74) is 2.75. The van der Waals surface area contributed by atoms with Crippen LogP contribution in [0.25, 0.3) is 0 Å². The smallest absolute Gasteiger partial charge is 0.121 e. The molecule has 66 valence electrons. The molecule has 1 unspecified atom stereocenters. The molecule has 0 N–H and O–H groups in total. The molecule has 0 radical (unpaired) electrons. The van der Waals surface area contributed by atoms with Gasteiger partial charge in [-0.1, -0.05) is 6.58 Å². The normalized spacial score (nSPS) is 20.0. The maximum atomic E-state index is 10.4. The molecule has 1 heterocycles. The van der Waals surface area contributed by atoms with Gasteiger partial charge in [0.2, 0.25) is 0 Å². The number of carbonyl (C=O) groups is 1. The number of hydrogen-bond donors (Lipinski definition) is 0. The van der Waals surface area contributed by atoms with E-state index < -0.39 is 0 Å². The van der Waals surface area contributed by atoms with Gasteiger partial charge in [0, 0.05) is 12.5 Å². The molecule has 0 aromatic heterocycles. The third kappa shape index (κ3) is 2.33. The lowest BCUT2D eigenvalue weighted by Crippen LogP contribution is -2.31. The van der Waals surface area contributed by atoms with E-state index in [0.29, 0.717) is 6.42 Å². The Labute approximate surface area is 73.6 Å². The SMILES string of the molecule is C=C=CC(CC=O)N1CCCC1. The zero-order valence-corrected chi connectivity index (χ0v) is 7.33. The van der Waals surface area contributed by atoms with E-state index in [-0.39, 0.29) is 6.04 Å². The molecule has 0 spiro atoms. The first kappa shape index (κ1) is 9.24. The largest absolute Gasteiger partial charge is 0.303 e. The Bertz CT molecular complexity index is 188. The first-order chi connectivity index (χ1) is 5.88. The van der Waals surface area contributed by atoms with Crippen molar-refractivity contribution in [3.05, 3.63) is 18.4 Å². The summed E-state index contributed by atoms with van der Waals surface area (Å²) in [5.74, 6) is 0. The Balaban J connectivity index is 2.50. The van der Waals surface area contributed by atoms with E-state index in [4.69, 9.17) is 0 Å². The second-order valence-corrected chi connectivity index (χ2v) is 3.08. The van der Waals surface area contributed by atoms with Crippen LogP contribution in [0.4, 0.5) is 0 Å².